The molecule has 126 valence electrons. The number of rotatable bonds is 3. The SMILES string of the molecule is CC(C)(C)NC(=O)c1cc(C(=O)Nc2ccc(F)cc2F)ccn1. The molecule has 2 aromatic rings. The minimum atomic E-state index is -0.886. The molecule has 0 aliphatic heterocycles. The average Bonchev–Trinajstić information content (AvgIpc) is 2.48. The number of nitrogens with zero attached hydrogens (tertiary/aromatic N) is 1. The molecule has 0 bridgehead atoms. The lowest BCUT2D eigenvalue weighted by atomic mass is 10.1. The van der Waals surface area contributed by atoms with E-state index in [1.807, 2.05) is 20.8 Å². The fraction of sp³-hybridized carbons (Fsp3) is 0.235. The van der Waals surface area contributed by atoms with Gasteiger partial charge in [-0.25, -0.2) is 8.78 Å². The summed E-state index contributed by atoms with van der Waals surface area (Å²) < 4.78 is 26.5. The maximum Gasteiger partial charge on any atom is 0.270 e. The normalized spacial score (nSPS) is 11.0. The summed E-state index contributed by atoms with van der Waals surface area (Å²) in [5, 5.41) is 5.06. The number of pyridine rings is 1. The van der Waals surface area contributed by atoms with Crippen molar-refractivity contribution in [3.05, 3.63) is 59.4 Å². The lowest BCUT2D eigenvalue weighted by molar-refractivity contribution is 0.0914. The highest BCUT2D eigenvalue weighted by Gasteiger charge is 2.18. The van der Waals surface area contributed by atoms with Crippen LogP contribution in [0.15, 0.2) is 36.5 Å². The molecule has 0 fully saturated rings. The molecule has 2 N–H and O–H groups in total. The predicted octanol–water partition coefficient (Wildman–Crippen LogP) is 3.14. The summed E-state index contributed by atoms with van der Waals surface area (Å²) in [5.74, 6) is -2.68. The summed E-state index contributed by atoms with van der Waals surface area (Å²) in [7, 11) is 0. The Kier molecular flexibility index (Phi) is 4.92. The zero-order chi connectivity index (χ0) is 17.9. The maximum absolute atomic E-state index is 13.6. The molecule has 7 heteroatoms. The smallest absolute Gasteiger partial charge is 0.270 e. The fourth-order valence-electron chi connectivity index (χ4n) is 1.89. The van der Waals surface area contributed by atoms with Crippen LogP contribution in [-0.2, 0) is 0 Å². The number of aromatic nitrogens is 1. The number of halogens is 2. The second-order valence-corrected chi connectivity index (χ2v) is 6.21. The maximum atomic E-state index is 13.6. The highest BCUT2D eigenvalue weighted by atomic mass is 19.1. The van der Waals surface area contributed by atoms with Gasteiger partial charge in [-0.15, -0.1) is 0 Å². The van der Waals surface area contributed by atoms with E-state index in [0.29, 0.717) is 6.07 Å². The van der Waals surface area contributed by atoms with Gasteiger partial charge in [0.15, 0.2) is 0 Å². The van der Waals surface area contributed by atoms with Crippen LogP contribution in [0.3, 0.4) is 0 Å². The van der Waals surface area contributed by atoms with E-state index >= 15 is 0 Å². The summed E-state index contributed by atoms with van der Waals surface area (Å²) in [6.07, 6.45) is 1.31. The lowest BCUT2D eigenvalue weighted by Crippen LogP contribution is -2.41. The topological polar surface area (TPSA) is 71.1 Å². The summed E-state index contributed by atoms with van der Waals surface area (Å²) >= 11 is 0. The second-order valence-electron chi connectivity index (χ2n) is 6.21. The van der Waals surface area contributed by atoms with Crippen molar-refractivity contribution in [2.75, 3.05) is 5.32 Å². The molecule has 0 unspecified atom stereocenters. The number of nitrogens with one attached hydrogen (secondary N) is 2. The minimum absolute atomic E-state index is 0.0668. The number of carbonyl (C=O) groups is 2. The fourth-order valence-corrected chi connectivity index (χ4v) is 1.89. The summed E-state index contributed by atoms with van der Waals surface area (Å²) in [6.45, 7) is 5.45. The van der Waals surface area contributed by atoms with Crippen molar-refractivity contribution in [3.63, 3.8) is 0 Å². The molecule has 0 saturated heterocycles. The van der Waals surface area contributed by atoms with E-state index < -0.39 is 29.0 Å². The van der Waals surface area contributed by atoms with Crippen molar-refractivity contribution in [2.24, 2.45) is 0 Å². The van der Waals surface area contributed by atoms with Crippen LogP contribution in [0.5, 0.6) is 0 Å². The Labute approximate surface area is 138 Å². The van der Waals surface area contributed by atoms with Crippen LogP contribution in [0.1, 0.15) is 41.6 Å². The first-order valence-electron chi connectivity index (χ1n) is 7.21. The number of hydrogen-bond donors (Lipinski definition) is 2. The molecule has 0 radical (unpaired) electrons. The van der Waals surface area contributed by atoms with Gasteiger partial charge < -0.3 is 10.6 Å². The molecular weight excluding hydrogens is 316 g/mol. The van der Waals surface area contributed by atoms with E-state index in [9.17, 15) is 18.4 Å². The van der Waals surface area contributed by atoms with Gasteiger partial charge in [-0.3, -0.25) is 14.6 Å². The van der Waals surface area contributed by atoms with Crippen LogP contribution in [0.25, 0.3) is 0 Å². The van der Waals surface area contributed by atoms with Crippen molar-refractivity contribution >= 4 is 17.5 Å². The van der Waals surface area contributed by atoms with Crippen molar-refractivity contribution in [2.45, 2.75) is 26.3 Å². The molecule has 1 heterocycles. The number of hydrogen-bond acceptors (Lipinski definition) is 3. The highest BCUT2D eigenvalue weighted by Crippen LogP contribution is 2.16. The average molecular weight is 333 g/mol. The Hall–Kier alpha value is -2.83. The molecule has 2 amide bonds. The Morgan fingerprint density at radius 2 is 1.75 bits per heavy atom. The standard InChI is InChI=1S/C17H17F2N3O2/c1-17(2,3)22-16(24)14-8-10(6-7-20-14)15(23)21-13-5-4-11(18)9-12(13)19/h4-9H,1-3H3,(H,21,23)(H,22,24). The van der Waals surface area contributed by atoms with Gasteiger partial charge in [0.2, 0.25) is 0 Å². The number of benzene rings is 1. The molecule has 0 spiro atoms. The number of anilines is 1. The number of carbonyl (C=O) groups excluding carboxylic acids is 2. The molecule has 0 saturated carbocycles. The van der Waals surface area contributed by atoms with E-state index in [1.165, 1.54) is 18.3 Å². The molecule has 0 aliphatic carbocycles. The molecular formula is C17H17F2N3O2. The third-order valence-corrected chi connectivity index (χ3v) is 2.92. The molecule has 5 nitrogen and oxygen atoms in total. The van der Waals surface area contributed by atoms with Gasteiger partial charge in [0.1, 0.15) is 17.3 Å². The zero-order valence-electron chi connectivity index (χ0n) is 13.5. The van der Waals surface area contributed by atoms with Gasteiger partial charge in [-0.1, -0.05) is 0 Å². The van der Waals surface area contributed by atoms with Crippen LogP contribution in [0, 0.1) is 11.6 Å². The van der Waals surface area contributed by atoms with E-state index in [0.717, 1.165) is 12.1 Å². The second kappa shape index (κ2) is 6.74. The van der Waals surface area contributed by atoms with Crippen molar-refractivity contribution < 1.29 is 18.4 Å². The van der Waals surface area contributed by atoms with Gasteiger partial charge in [0.25, 0.3) is 11.8 Å². The largest absolute Gasteiger partial charge is 0.346 e. The van der Waals surface area contributed by atoms with Crippen molar-refractivity contribution in [1.82, 2.24) is 10.3 Å². The molecule has 0 atom stereocenters. The van der Waals surface area contributed by atoms with Crippen LogP contribution in [0.4, 0.5) is 14.5 Å². The third kappa shape index (κ3) is 4.58. The quantitative estimate of drug-likeness (QED) is 0.906. The Balaban J connectivity index is 2.18. The zero-order valence-corrected chi connectivity index (χ0v) is 13.5. The molecule has 2 rings (SSSR count). The Morgan fingerprint density at radius 3 is 2.38 bits per heavy atom. The van der Waals surface area contributed by atoms with Crippen molar-refractivity contribution in [1.29, 1.82) is 0 Å². The van der Waals surface area contributed by atoms with E-state index in [-0.39, 0.29) is 16.9 Å². The monoisotopic (exact) mass is 333 g/mol. The van der Waals surface area contributed by atoms with Gasteiger partial charge in [-0.2, -0.15) is 0 Å². The minimum Gasteiger partial charge on any atom is -0.346 e. The van der Waals surface area contributed by atoms with Crippen LogP contribution in [-0.4, -0.2) is 22.3 Å². The summed E-state index contributed by atoms with van der Waals surface area (Å²) in [5.41, 5.74) is -0.405. The summed E-state index contributed by atoms with van der Waals surface area (Å²) in [4.78, 5) is 28.2. The highest BCUT2D eigenvalue weighted by molar-refractivity contribution is 6.05. The van der Waals surface area contributed by atoms with Gasteiger partial charge >= 0.3 is 0 Å². The molecule has 0 aliphatic rings. The molecule has 24 heavy (non-hydrogen) atoms. The van der Waals surface area contributed by atoms with Gasteiger partial charge in [-0.05, 0) is 45.0 Å². The van der Waals surface area contributed by atoms with E-state index in [1.54, 1.807) is 0 Å². The Morgan fingerprint density at radius 1 is 1.04 bits per heavy atom. The van der Waals surface area contributed by atoms with E-state index in [2.05, 4.69) is 15.6 Å². The van der Waals surface area contributed by atoms with Crippen LogP contribution in [0.2, 0.25) is 0 Å². The van der Waals surface area contributed by atoms with Crippen LogP contribution >= 0.6 is 0 Å². The third-order valence-electron chi connectivity index (χ3n) is 2.92. The first-order valence-corrected chi connectivity index (χ1v) is 7.21. The lowest BCUT2D eigenvalue weighted by Gasteiger charge is -2.20. The number of amides is 2. The van der Waals surface area contributed by atoms with Gasteiger partial charge in [0.05, 0.1) is 5.69 Å². The molecule has 1 aromatic heterocycles. The van der Waals surface area contributed by atoms with E-state index in [4.69, 9.17) is 0 Å². The first-order chi connectivity index (χ1) is 11.2. The molecule has 1 aromatic carbocycles. The Bertz CT molecular complexity index is 786. The predicted molar refractivity (Wildman–Crippen MR) is 85.8 cm³/mol. The van der Waals surface area contributed by atoms with Crippen LogP contribution < -0.4 is 10.6 Å². The van der Waals surface area contributed by atoms with Gasteiger partial charge in [0, 0.05) is 23.4 Å². The summed E-state index contributed by atoms with van der Waals surface area (Å²) in [6, 6.07) is 5.53. The van der Waals surface area contributed by atoms with Crippen molar-refractivity contribution in [3.8, 4) is 0 Å². The first kappa shape index (κ1) is 17.5.